The average molecular weight is 418 g/mol. The van der Waals surface area contributed by atoms with Crippen molar-refractivity contribution >= 4 is 29.6 Å². The van der Waals surface area contributed by atoms with Crippen LogP contribution in [0.4, 0.5) is 0 Å². The number of amides is 1. The fraction of sp³-hybridized carbons (Fsp3) is 0.273. The summed E-state index contributed by atoms with van der Waals surface area (Å²) in [4.78, 5) is 24.1. The summed E-state index contributed by atoms with van der Waals surface area (Å²) in [7, 11) is 2.98. The Bertz CT molecular complexity index is 867. The number of hydrogen-bond donors (Lipinski definition) is 1. The van der Waals surface area contributed by atoms with Crippen LogP contribution in [0.3, 0.4) is 0 Å². The van der Waals surface area contributed by atoms with Crippen LogP contribution >= 0.6 is 11.6 Å². The van der Waals surface area contributed by atoms with Gasteiger partial charge in [0, 0.05) is 12.6 Å². The Hall–Kier alpha value is -2.99. The topological polar surface area (TPSA) is 73.9 Å². The summed E-state index contributed by atoms with van der Waals surface area (Å²) in [5, 5.41) is 3.11. The summed E-state index contributed by atoms with van der Waals surface area (Å²) >= 11 is 6.14. The van der Waals surface area contributed by atoms with E-state index in [1.54, 1.807) is 12.1 Å². The van der Waals surface area contributed by atoms with E-state index in [4.69, 9.17) is 25.8 Å². The van der Waals surface area contributed by atoms with Crippen molar-refractivity contribution < 1.29 is 23.8 Å². The van der Waals surface area contributed by atoms with Crippen LogP contribution in [0.25, 0.3) is 6.08 Å². The van der Waals surface area contributed by atoms with E-state index in [0.717, 1.165) is 5.56 Å². The molecule has 0 aliphatic carbocycles. The van der Waals surface area contributed by atoms with Crippen molar-refractivity contribution in [3.05, 3.63) is 64.7 Å². The predicted octanol–water partition coefficient (Wildman–Crippen LogP) is 3.66. The maximum Gasteiger partial charge on any atom is 0.331 e. The number of hydrogen-bond acceptors (Lipinski definition) is 5. The fourth-order valence-corrected chi connectivity index (χ4v) is 2.88. The minimum Gasteiger partial charge on any atom is -0.493 e. The second kappa shape index (κ2) is 11.1. The van der Waals surface area contributed by atoms with Gasteiger partial charge in [0.2, 0.25) is 0 Å². The zero-order valence-electron chi connectivity index (χ0n) is 16.6. The van der Waals surface area contributed by atoms with E-state index in [9.17, 15) is 9.59 Å². The summed E-state index contributed by atoms with van der Waals surface area (Å²) in [5.41, 5.74) is 1.75. The Morgan fingerprint density at radius 3 is 2.52 bits per heavy atom. The normalized spacial score (nSPS) is 11.7. The van der Waals surface area contributed by atoms with Gasteiger partial charge in [0.1, 0.15) is 0 Å². The molecule has 2 aromatic rings. The minimum absolute atomic E-state index is 0.350. The third-order valence-corrected chi connectivity index (χ3v) is 4.37. The molecule has 2 aromatic carbocycles. The highest BCUT2D eigenvalue weighted by molar-refractivity contribution is 6.32. The lowest BCUT2D eigenvalue weighted by molar-refractivity contribution is -0.150. The van der Waals surface area contributed by atoms with E-state index in [2.05, 4.69) is 5.32 Å². The van der Waals surface area contributed by atoms with Crippen LogP contribution in [0.1, 0.15) is 18.1 Å². The lowest BCUT2D eigenvalue weighted by atomic mass is 10.1. The van der Waals surface area contributed by atoms with Gasteiger partial charge >= 0.3 is 5.97 Å². The number of carbonyl (C=O) groups is 2. The number of carbonyl (C=O) groups excluding carboxylic acids is 2. The summed E-state index contributed by atoms with van der Waals surface area (Å²) in [6.07, 6.45) is 2.55. The van der Waals surface area contributed by atoms with Crippen LogP contribution in [-0.4, -0.2) is 38.7 Å². The molecule has 1 N–H and O–H groups in total. The Labute approximate surface area is 175 Å². The predicted molar refractivity (Wildman–Crippen MR) is 112 cm³/mol. The smallest absolute Gasteiger partial charge is 0.331 e. The first kappa shape index (κ1) is 22.3. The maximum atomic E-state index is 12.1. The molecule has 0 saturated carbocycles. The molecule has 0 unspecified atom stereocenters. The van der Waals surface area contributed by atoms with Crippen LogP contribution in [0.2, 0.25) is 5.02 Å². The second-order valence-electron chi connectivity index (χ2n) is 6.18. The molecular formula is C22H24ClNO5. The Morgan fingerprint density at radius 1 is 1.14 bits per heavy atom. The number of nitrogens with one attached hydrogen (secondary N) is 1. The Balaban J connectivity index is 1.86. The van der Waals surface area contributed by atoms with Gasteiger partial charge in [-0.15, -0.1) is 0 Å². The lowest BCUT2D eigenvalue weighted by Gasteiger charge is -2.12. The van der Waals surface area contributed by atoms with Gasteiger partial charge in [-0.2, -0.15) is 0 Å². The number of halogens is 1. The lowest BCUT2D eigenvalue weighted by Crippen LogP contribution is -2.36. The molecule has 0 saturated heterocycles. The maximum absolute atomic E-state index is 12.1. The van der Waals surface area contributed by atoms with Gasteiger partial charge in [-0.3, -0.25) is 4.79 Å². The fourth-order valence-electron chi connectivity index (χ4n) is 2.58. The quantitative estimate of drug-likeness (QED) is 0.498. The number of methoxy groups -OCH3 is 2. The molecule has 7 heteroatoms. The molecule has 0 aromatic heterocycles. The monoisotopic (exact) mass is 417 g/mol. The number of rotatable bonds is 9. The number of benzene rings is 2. The van der Waals surface area contributed by atoms with Gasteiger partial charge in [-0.05, 0) is 42.7 Å². The van der Waals surface area contributed by atoms with E-state index >= 15 is 0 Å². The van der Waals surface area contributed by atoms with Gasteiger partial charge in [0.25, 0.3) is 5.91 Å². The molecule has 29 heavy (non-hydrogen) atoms. The molecule has 0 aliphatic rings. The van der Waals surface area contributed by atoms with Crippen molar-refractivity contribution in [3.63, 3.8) is 0 Å². The summed E-state index contributed by atoms with van der Waals surface area (Å²) in [5.74, 6) is -0.132. The molecule has 0 heterocycles. The van der Waals surface area contributed by atoms with E-state index in [0.29, 0.717) is 35.1 Å². The first-order valence-electron chi connectivity index (χ1n) is 9.06. The minimum atomic E-state index is -0.906. The van der Waals surface area contributed by atoms with E-state index in [1.807, 2.05) is 30.3 Å². The highest BCUT2D eigenvalue weighted by atomic mass is 35.5. The summed E-state index contributed by atoms with van der Waals surface area (Å²) < 4.78 is 15.5. The van der Waals surface area contributed by atoms with Crippen LogP contribution in [0.15, 0.2) is 48.5 Å². The zero-order valence-corrected chi connectivity index (χ0v) is 17.4. The largest absolute Gasteiger partial charge is 0.493 e. The first-order chi connectivity index (χ1) is 13.9. The van der Waals surface area contributed by atoms with Crippen LogP contribution in [0.5, 0.6) is 11.5 Å². The Kier molecular flexibility index (Phi) is 8.55. The molecule has 2 rings (SSSR count). The van der Waals surface area contributed by atoms with Crippen molar-refractivity contribution in [1.82, 2.24) is 5.32 Å². The van der Waals surface area contributed by atoms with Crippen LogP contribution < -0.4 is 14.8 Å². The molecule has 0 aliphatic heterocycles. The van der Waals surface area contributed by atoms with E-state index in [-0.39, 0.29) is 5.91 Å². The molecule has 0 fully saturated rings. The third kappa shape index (κ3) is 6.84. The molecule has 0 bridgehead atoms. The Morgan fingerprint density at radius 2 is 1.86 bits per heavy atom. The van der Waals surface area contributed by atoms with Crippen LogP contribution in [-0.2, 0) is 20.7 Å². The highest BCUT2D eigenvalue weighted by Gasteiger charge is 2.16. The third-order valence-electron chi connectivity index (χ3n) is 4.09. The molecule has 0 radical (unpaired) electrons. The van der Waals surface area contributed by atoms with E-state index < -0.39 is 12.1 Å². The van der Waals surface area contributed by atoms with Crippen LogP contribution in [0, 0.1) is 0 Å². The molecule has 154 valence electrons. The SMILES string of the molecule is COc1cc(/C=C/C(=O)O[C@H](C)C(=O)NCCc2ccccc2)cc(Cl)c1OC. The van der Waals surface area contributed by atoms with Crippen molar-refractivity contribution in [1.29, 1.82) is 0 Å². The zero-order chi connectivity index (χ0) is 21.2. The van der Waals surface area contributed by atoms with Gasteiger partial charge < -0.3 is 19.5 Å². The van der Waals surface area contributed by atoms with Gasteiger partial charge in [0.15, 0.2) is 17.6 Å². The number of esters is 1. The van der Waals surface area contributed by atoms with E-state index in [1.165, 1.54) is 33.3 Å². The molecule has 0 spiro atoms. The van der Waals surface area contributed by atoms with Gasteiger partial charge in [0.05, 0.1) is 19.2 Å². The van der Waals surface area contributed by atoms with Gasteiger partial charge in [-0.25, -0.2) is 4.79 Å². The van der Waals surface area contributed by atoms with Crippen molar-refractivity contribution in [3.8, 4) is 11.5 Å². The molecule has 1 atom stereocenters. The number of ether oxygens (including phenoxy) is 3. The van der Waals surface area contributed by atoms with Crippen molar-refractivity contribution in [2.45, 2.75) is 19.4 Å². The van der Waals surface area contributed by atoms with Crippen molar-refractivity contribution in [2.24, 2.45) is 0 Å². The molecule has 6 nitrogen and oxygen atoms in total. The molecule has 1 amide bonds. The van der Waals surface area contributed by atoms with Crippen molar-refractivity contribution in [2.75, 3.05) is 20.8 Å². The first-order valence-corrected chi connectivity index (χ1v) is 9.44. The second-order valence-corrected chi connectivity index (χ2v) is 6.58. The summed E-state index contributed by atoms with van der Waals surface area (Å²) in [6.45, 7) is 1.99. The standard InChI is InChI=1S/C22H24ClNO5/c1-15(22(26)24-12-11-16-7-5-4-6-8-16)29-20(25)10-9-17-13-18(23)21(28-3)19(14-17)27-2/h4-10,13-15H,11-12H2,1-3H3,(H,24,26)/b10-9+/t15-/m1/s1. The summed E-state index contributed by atoms with van der Waals surface area (Å²) in [6, 6.07) is 13.1. The average Bonchev–Trinajstić information content (AvgIpc) is 2.72. The highest BCUT2D eigenvalue weighted by Crippen LogP contribution is 2.36. The molecular weight excluding hydrogens is 394 g/mol. The van der Waals surface area contributed by atoms with Gasteiger partial charge in [-0.1, -0.05) is 41.9 Å².